The van der Waals surface area contributed by atoms with Crippen LogP contribution in [0.1, 0.15) is 51.9 Å². The SMILES string of the molecule is CCCC1CCCC(CNC)CC1. The van der Waals surface area contributed by atoms with Crippen molar-refractivity contribution in [3.63, 3.8) is 0 Å². The van der Waals surface area contributed by atoms with Crippen LogP contribution in [0.15, 0.2) is 0 Å². The van der Waals surface area contributed by atoms with E-state index in [1.165, 1.54) is 51.5 Å². The highest BCUT2D eigenvalue weighted by Crippen LogP contribution is 2.29. The maximum absolute atomic E-state index is 3.31. The summed E-state index contributed by atoms with van der Waals surface area (Å²) < 4.78 is 0. The van der Waals surface area contributed by atoms with Crippen LogP contribution in [-0.4, -0.2) is 13.6 Å². The van der Waals surface area contributed by atoms with Gasteiger partial charge in [-0.05, 0) is 38.3 Å². The number of hydrogen-bond acceptors (Lipinski definition) is 1. The molecular formula is C12H25N. The minimum atomic E-state index is 0.965. The monoisotopic (exact) mass is 183 g/mol. The lowest BCUT2D eigenvalue weighted by Gasteiger charge is -2.14. The highest BCUT2D eigenvalue weighted by Gasteiger charge is 2.17. The molecule has 0 saturated heterocycles. The zero-order valence-electron chi connectivity index (χ0n) is 9.31. The van der Waals surface area contributed by atoms with Crippen LogP contribution in [0, 0.1) is 11.8 Å². The van der Waals surface area contributed by atoms with E-state index in [0.29, 0.717) is 0 Å². The Bertz CT molecular complexity index is 108. The van der Waals surface area contributed by atoms with Crippen molar-refractivity contribution < 1.29 is 0 Å². The zero-order valence-corrected chi connectivity index (χ0v) is 9.31. The van der Waals surface area contributed by atoms with Gasteiger partial charge in [-0.15, -0.1) is 0 Å². The minimum absolute atomic E-state index is 0.965. The lowest BCUT2D eigenvalue weighted by Crippen LogP contribution is -2.18. The van der Waals surface area contributed by atoms with Gasteiger partial charge in [-0.1, -0.05) is 39.0 Å². The first-order valence-corrected chi connectivity index (χ1v) is 6.01. The molecule has 0 aromatic heterocycles. The fourth-order valence-corrected chi connectivity index (χ4v) is 2.65. The van der Waals surface area contributed by atoms with Crippen LogP contribution in [0.3, 0.4) is 0 Å². The van der Waals surface area contributed by atoms with E-state index in [9.17, 15) is 0 Å². The molecule has 13 heavy (non-hydrogen) atoms. The van der Waals surface area contributed by atoms with Crippen LogP contribution in [0.5, 0.6) is 0 Å². The Kier molecular flexibility index (Phi) is 5.45. The van der Waals surface area contributed by atoms with Gasteiger partial charge in [-0.3, -0.25) is 0 Å². The fraction of sp³-hybridized carbons (Fsp3) is 1.00. The minimum Gasteiger partial charge on any atom is -0.319 e. The number of hydrogen-bond donors (Lipinski definition) is 1. The molecule has 1 fully saturated rings. The smallest absolute Gasteiger partial charge is 0.00235 e. The lowest BCUT2D eigenvalue weighted by atomic mass is 9.94. The summed E-state index contributed by atoms with van der Waals surface area (Å²) in [5.41, 5.74) is 0. The Hall–Kier alpha value is -0.0400. The van der Waals surface area contributed by atoms with Crippen LogP contribution in [0.2, 0.25) is 0 Å². The van der Waals surface area contributed by atoms with Gasteiger partial charge in [0.1, 0.15) is 0 Å². The molecule has 0 aromatic rings. The zero-order chi connectivity index (χ0) is 9.52. The van der Waals surface area contributed by atoms with Gasteiger partial charge in [-0.2, -0.15) is 0 Å². The summed E-state index contributed by atoms with van der Waals surface area (Å²) in [6.07, 6.45) is 10.2. The van der Waals surface area contributed by atoms with Gasteiger partial charge >= 0.3 is 0 Å². The topological polar surface area (TPSA) is 12.0 Å². The Balaban J connectivity index is 2.22. The van der Waals surface area contributed by atoms with Crippen molar-refractivity contribution >= 4 is 0 Å². The highest BCUT2D eigenvalue weighted by atomic mass is 14.8. The third-order valence-electron chi connectivity index (χ3n) is 3.40. The summed E-state index contributed by atoms with van der Waals surface area (Å²) in [4.78, 5) is 0. The van der Waals surface area contributed by atoms with Gasteiger partial charge in [0.25, 0.3) is 0 Å². The van der Waals surface area contributed by atoms with Gasteiger partial charge in [0.2, 0.25) is 0 Å². The maximum atomic E-state index is 3.31. The van der Waals surface area contributed by atoms with Crippen LogP contribution in [-0.2, 0) is 0 Å². The molecule has 0 radical (unpaired) electrons. The summed E-state index contributed by atoms with van der Waals surface area (Å²) in [5.74, 6) is 2.01. The standard InChI is InChI=1S/C12H25N/c1-3-5-11-6-4-7-12(9-8-11)10-13-2/h11-13H,3-10H2,1-2H3. The molecule has 2 unspecified atom stereocenters. The molecule has 1 N–H and O–H groups in total. The van der Waals surface area contributed by atoms with Crippen molar-refractivity contribution in [2.75, 3.05) is 13.6 Å². The predicted molar refractivity (Wildman–Crippen MR) is 58.9 cm³/mol. The molecule has 0 heterocycles. The van der Waals surface area contributed by atoms with Gasteiger partial charge in [-0.25, -0.2) is 0 Å². The Morgan fingerprint density at radius 3 is 2.46 bits per heavy atom. The molecule has 1 aliphatic rings. The molecule has 78 valence electrons. The summed E-state index contributed by atoms with van der Waals surface area (Å²) in [7, 11) is 2.08. The molecule has 0 aliphatic heterocycles. The normalized spacial score (nSPS) is 30.0. The number of rotatable bonds is 4. The number of nitrogens with one attached hydrogen (secondary N) is 1. The molecule has 0 bridgehead atoms. The van der Waals surface area contributed by atoms with Crippen LogP contribution >= 0.6 is 0 Å². The first-order chi connectivity index (χ1) is 6.36. The molecule has 1 aliphatic carbocycles. The van der Waals surface area contributed by atoms with Crippen molar-refractivity contribution in [3.8, 4) is 0 Å². The van der Waals surface area contributed by atoms with E-state index in [2.05, 4.69) is 19.3 Å². The average Bonchev–Trinajstić information content (AvgIpc) is 2.33. The molecule has 0 amide bonds. The van der Waals surface area contributed by atoms with Gasteiger partial charge in [0, 0.05) is 0 Å². The van der Waals surface area contributed by atoms with E-state index in [4.69, 9.17) is 0 Å². The highest BCUT2D eigenvalue weighted by molar-refractivity contribution is 4.71. The Morgan fingerprint density at radius 2 is 1.77 bits per heavy atom. The third-order valence-corrected chi connectivity index (χ3v) is 3.40. The molecule has 1 rings (SSSR count). The van der Waals surface area contributed by atoms with Crippen LogP contribution < -0.4 is 5.32 Å². The van der Waals surface area contributed by atoms with Gasteiger partial charge in [0.05, 0.1) is 0 Å². The van der Waals surface area contributed by atoms with E-state index in [0.717, 1.165) is 11.8 Å². The van der Waals surface area contributed by atoms with Crippen molar-refractivity contribution in [3.05, 3.63) is 0 Å². The van der Waals surface area contributed by atoms with E-state index in [-0.39, 0.29) is 0 Å². The summed E-state index contributed by atoms with van der Waals surface area (Å²) in [5, 5.41) is 3.31. The second kappa shape index (κ2) is 6.42. The molecule has 1 heteroatoms. The molecule has 1 nitrogen and oxygen atoms in total. The second-order valence-electron chi connectivity index (χ2n) is 4.59. The third kappa shape index (κ3) is 4.12. The van der Waals surface area contributed by atoms with Gasteiger partial charge in [0.15, 0.2) is 0 Å². The molecule has 2 atom stereocenters. The molecule has 1 saturated carbocycles. The first-order valence-electron chi connectivity index (χ1n) is 6.01. The van der Waals surface area contributed by atoms with E-state index >= 15 is 0 Å². The van der Waals surface area contributed by atoms with Crippen molar-refractivity contribution in [1.82, 2.24) is 5.32 Å². The summed E-state index contributed by atoms with van der Waals surface area (Å²) in [6, 6.07) is 0. The molecule has 0 aromatic carbocycles. The summed E-state index contributed by atoms with van der Waals surface area (Å²) in [6.45, 7) is 3.55. The quantitative estimate of drug-likeness (QED) is 0.660. The first kappa shape index (κ1) is 11.0. The van der Waals surface area contributed by atoms with Crippen LogP contribution in [0.4, 0.5) is 0 Å². The van der Waals surface area contributed by atoms with Crippen molar-refractivity contribution in [2.45, 2.75) is 51.9 Å². The van der Waals surface area contributed by atoms with Gasteiger partial charge < -0.3 is 5.32 Å². The Morgan fingerprint density at radius 1 is 1.08 bits per heavy atom. The van der Waals surface area contributed by atoms with Crippen molar-refractivity contribution in [2.24, 2.45) is 11.8 Å². The van der Waals surface area contributed by atoms with Crippen LogP contribution in [0.25, 0.3) is 0 Å². The van der Waals surface area contributed by atoms with E-state index < -0.39 is 0 Å². The van der Waals surface area contributed by atoms with E-state index in [1.807, 2.05) is 0 Å². The largest absolute Gasteiger partial charge is 0.319 e. The molecular weight excluding hydrogens is 158 g/mol. The molecule has 0 spiro atoms. The fourth-order valence-electron chi connectivity index (χ4n) is 2.65. The Labute approximate surface area is 83.3 Å². The lowest BCUT2D eigenvalue weighted by molar-refractivity contribution is 0.402. The second-order valence-corrected chi connectivity index (χ2v) is 4.59. The predicted octanol–water partition coefficient (Wildman–Crippen LogP) is 3.20. The van der Waals surface area contributed by atoms with E-state index in [1.54, 1.807) is 0 Å². The summed E-state index contributed by atoms with van der Waals surface area (Å²) >= 11 is 0. The maximum Gasteiger partial charge on any atom is -0.00235 e. The van der Waals surface area contributed by atoms with Crippen molar-refractivity contribution in [1.29, 1.82) is 0 Å². The average molecular weight is 183 g/mol.